The third kappa shape index (κ3) is 1.58. The molecule has 1 heterocycles. The molecule has 0 aromatic heterocycles. The molecule has 1 nitrogen and oxygen atoms in total. The van der Waals surface area contributed by atoms with Crippen molar-refractivity contribution in [2.75, 3.05) is 11.9 Å². The highest BCUT2D eigenvalue weighted by Gasteiger charge is 2.10. The fourth-order valence-corrected chi connectivity index (χ4v) is 2.28. The van der Waals surface area contributed by atoms with Gasteiger partial charge in [0.25, 0.3) is 0 Å². The van der Waals surface area contributed by atoms with Gasteiger partial charge in [-0.2, -0.15) is 11.8 Å². The zero-order valence-electron chi connectivity index (χ0n) is 7.21. The van der Waals surface area contributed by atoms with Crippen molar-refractivity contribution in [3.63, 3.8) is 0 Å². The second-order valence-corrected chi connectivity index (χ2v) is 4.59. The highest BCUT2D eigenvalue weighted by Crippen LogP contribution is 2.27. The second-order valence-electron chi connectivity index (χ2n) is 3.16. The predicted molar refractivity (Wildman–Crippen MR) is 55.7 cm³/mol. The lowest BCUT2D eigenvalue weighted by Gasteiger charge is -2.06. The molecule has 2 rings (SSSR count). The van der Waals surface area contributed by atoms with Crippen LogP contribution in [0.15, 0.2) is 24.3 Å². The lowest BCUT2D eigenvalue weighted by molar-refractivity contribution is 1.01. The van der Waals surface area contributed by atoms with Crippen molar-refractivity contribution in [3.05, 3.63) is 29.8 Å². The van der Waals surface area contributed by atoms with Gasteiger partial charge in [0.2, 0.25) is 0 Å². The van der Waals surface area contributed by atoms with Crippen molar-refractivity contribution in [2.45, 2.75) is 17.9 Å². The van der Waals surface area contributed by atoms with E-state index in [4.69, 9.17) is 0 Å². The van der Waals surface area contributed by atoms with Crippen molar-refractivity contribution in [1.29, 1.82) is 0 Å². The molecule has 1 aromatic carbocycles. The molecular formula is C10H13NS. The van der Waals surface area contributed by atoms with Gasteiger partial charge < -0.3 is 5.32 Å². The Hall–Kier alpha value is -0.630. The van der Waals surface area contributed by atoms with Crippen molar-refractivity contribution in [1.82, 2.24) is 0 Å². The molecule has 1 aliphatic heterocycles. The number of nitrogens with one attached hydrogen (secondary N) is 1. The molecule has 1 atom stereocenters. The number of fused-ring (bicyclic) bond motifs is 1. The normalized spacial score (nSPS) is 22.2. The molecule has 1 aromatic rings. The summed E-state index contributed by atoms with van der Waals surface area (Å²) in [6.07, 6.45) is 0. The summed E-state index contributed by atoms with van der Waals surface area (Å²) in [6, 6.07) is 8.56. The first kappa shape index (κ1) is 7.99. The van der Waals surface area contributed by atoms with Crippen LogP contribution in [-0.4, -0.2) is 11.8 Å². The Labute approximate surface area is 77.6 Å². The van der Waals surface area contributed by atoms with Crippen LogP contribution in [0, 0.1) is 0 Å². The number of rotatable bonds is 0. The minimum Gasteiger partial charge on any atom is -0.384 e. The minimum atomic E-state index is 0.720. The van der Waals surface area contributed by atoms with Gasteiger partial charge in [-0.3, -0.25) is 0 Å². The molecule has 0 radical (unpaired) electrons. The van der Waals surface area contributed by atoms with E-state index in [0.717, 1.165) is 17.5 Å². The van der Waals surface area contributed by atoms with Crippen LogP contribution in [0.25, 0.3) is 0 Å². The molecule has 0 fully saturated rings. The number of hydrogen-bond acceptors (Lipinski definition) is 2. The van der Waals surface area contributed by atoms with Crippen LogP contribution in [0.3, 0.4) is 0 Å². The van der Waals surface area contributed by atoms with Crippen LogP contribution in [0.1, 0.15) is 12.5 Å². The quantitative estimate of drug-likeness (QED) is 0.657. The first-order chi connectivity index (χ1) is 5.86. The van der Waals surface area contributed by atoms with E-state index in [2.05, 4.69) is 36.5 Å². The average Bonchev–Trinajstić information content (AvgIpc) is 2.29. The van der Waals surface area contributed by atoms with E-state index in [9.17, 15) is 0 Å². The van der Waals surface area contributed by atoms with Gasteiger partial charge in [0.15, 0.2) is 0 Å². The van der Waals surface area contributed by atoms with Gasteiger partial charge in [0.05, 0.1) is 0 Å². The maximum atomic E-state index is 3.45. The molecule has 1 unspecified atom stereocenters. The number of anilines is 1. The summed E-state index contributed by atoms with van der Waals surface area (Å²) in [5.74, 6) is 1.14. The van der Waals surface area contributed by atoms with E-state index in [0.29, 0.717) is 0 Å². The van der Waals surface area contributed by atoms with Gasteiger partial charge in [-0.15, -0.1) is 0 Å². The van der Waals surface area contributed by atoms with E-state index in [1.807, 2.05) is 11.8 Å². The molecule has 0 aliphatic carbocycles. The van der Waals surface area contributed by atoms with Crippen LogP contribution in [0.4, 0.5) is 5.69 Å². The van der Waals surface area contributed by atoms with Gasteiger partial charge in [0, 0.05) is 23.2 Å². The van der Waals surface area contributed by atoms with E-state index in [-0.39, 0.29) is 0 Å². The lowest BCUT2D eigenvalue weighted by atomic mass is 10.2. The Morgan fingerprint density at radius 2 is 2.25 bits per heavy atom. The fourth-order valence-electron chi connectivity index (χ4n) is 1.36. The molecule has 0 spiro atoms. The van der Waals surface area contributed by atoms with Gasteiger partial charge >= 0.3 is 0 Å². The van der Waals surface area contributed by atoms with E-state index < -0.39 is 0 Å². The molecule has 1 aliphatic rings. The van der Waals surface area contributed by atoms with Gasteiger partial charge in [-0.1, -0.05) is 25.1 Å². The third-order valence-electron chi connectivity index (χ3n) is 2.12. The van der Waals surface area contributed by atoms with Crippen molar-refractivity contribution < 1.29 is 0 Å². The first-order valence-corrected chi connectivity index (χ1v) is 5.34. The summed E-state index contributed by atoms with van der Waals surface area (Å²) < 4.78 is 0. The Balaban J connectivity index is 2.26. The zero-order chi connectivity index (χ0) is 8.39. The smallest absolute Gasteiger partial charge is 0.0381 e. The summed E-state index contributed by atoms with van der Waals surface area (Å²) in [5.41, 5.74) is 2.75. The monoisotopic (exact) mass is 179 g/mol. The van der Waals surface area contributed by atoms with Crippen molar-refractivity contribution >= 4 is 17.4 Å². The van der Waals surface area contributed by atoms with Gasteiger partial charge in [-0.05, 0) is 11.6 Å². The molecule has 12 heavy (non-hydrogen) atoms. The number of thioether (sulfide) groups is 1. The second kappa shape index (κ2) is 3.40. The van der Waals surface area contributed by atoms with Crippen LogP contribution in [-0.2, 0) is 5.75 Å². The van der Waals surface area contributed by atoms with Crippen LogP contribution < -0.4 is 5.32 Å². The summed E-state index contributed by atoms with van der Waals surface area (Å²) in [7, 11) is 0. The summed E-state index contributed by atoms with van der Waals surface area (Å²) in [5, 5.41) is 4.17. The number of hydrogen-bond donors (Lipinski definition) is 1. The van der Waals surface area contributed by atoms with Gasteiger partial charge in [0.1, 0.15) is 0 Å². The topological polar surface area (TPSA) is 12.0 Å². The molecule has 2 heteroatoms. The maximum Gasteiger partial charge on any atom is 0.0381 e. The Bertz CT molecular complexity index is 245. The van der Waals surface area contributed by atoms with E-state index >= 15 is 0 Å². The summed E-state index contributed by atoms with van der Waals surface area (Å²) >= 11 is 2.02. The highest BCUT2D eigenvalue weighted by atomic mass is 32.2. The van der Waals surface area contributed by atoms with Crippen LogP contribution >= 0.6 is 11.8 Å². The van der Waals surface area contributed by atoms with Crippen LogP contribution in [0.5, 0.6) is 0 Å². The molecule has 0 saturated carbocycles. The lowest BCUT2D eigenvalue weighted by Crippen LogP contribution is -2.10. The minimum absolute atomic E-state index is 0.720. The molecule has 0 amide bonds. The highest BCUT2D eigenvalue weighted by molar-refractivity contribution is 7.99. The summed E-state index contributed by atoms with van der Waals surface area (Å²) in [4.78, 5) is 0. The third-order valence-corrected chi connectivity index (χ3v) is 3.33. The molecule has 0 bridgehead atoms. The van der Waals surface area contributed by atoms with E-state index in [1.165, 1.54) is 11.3 Å². The van der Waals surface area contributed by atoms with Crippen LogP contribution in [0.2, 0.25) is 0 Å². The number of para-hydroxylation sites is 1. The summed E-state index contributed by atoms with van der Waals surface area (Å²) in [6.45, 7) is 3.35. The number of benzene rings is 1. The average molecular weight is 179 g/mol. The van der Waals surface area contributed by atoms with Crippen molar-refractivity contribution in [3.8, 4) is 0 Å². The fraction of sp³-hybridized carbons (Fsp3) is 0.400. The Morgan fingerprint density at radius 3 is 3.17 bits per heavy atom. The molecule has 1 N–H and O–H groups in total. The molecule has 64 valence electrons. The zero-order valence-corrected chi connectivity index (χ0v) is 8.03. The van der Waals surface area contributed by atoms with E-state index in [1.54, 1.807) is 0 Å². The largest absolute Gasteiger partial charge is 0.384 e. The Kier molecular flexibility index (Phi) is 2.26. The standard InChI is InChI=1S/C10H13NS/c1-8-6-11-10-5-3-2-4-9(10)7-12-8/h2-5,8,11H,6-7H2,1H3. The first-order valence-electron chi connectivity index (χ1n) is 4.29. The predicted octanol–water partition coefficient (Wildman–Crippen LogP) is 2.73. The SMILES string of the molecule is CC1CNc2ccccc2CS1. The van der Waals surface area contributed by atoms with Crippen molar-refractivity contribution in [2.24, 2.45) is 0 Å². The molecular weight excluding hydrogens is 166 g/mol. The molecule has 0 saturated heterocycles. The van der Waals surface area contributed by atoms with Gasteiger partial charge in [-0.25, -0.2) is 0 Å². The Morgan fingerprint density at radius 1 is 1.42 bits per heavy atom. The maximum absolute atomic E-state index is 3.45.